The quantitative estimate of drug-likeness (QED) is 0.792. The number of azo groups is 1. The van der Waals surface area contributed by atoms with Gasteiger partial charge in [0.2, 0.25) is 0 Å². The van der Waals surface area contributed by atoms with Crippen molar-refractivity contribution in [3.8, 4) is 0 Å². The zero-order valence-corrected chi connectivity index (χ0v) is 11.3. The molecular weight excluding hydrogens is 248 g/mol. The van der Waals surface area contributed by atoms with E-state index in [2.05, 4.69) is 49.2 Å². The highest BCUT2D eigenvalue weighted by Gasteiger charge is 1.99. The molecule has 0 aliphatic heterocycles. The summed E-state index contributed by atoms with van der Waals surface area (Å²) < 4.78 is 0. The topological polar surface area (TPSA) is 99.3 Å². The molecule has 0 bridgehead atoms. The molecule has 0 radical (unpaired) electrons. The molecular formula is C13H18N2O4. The maximum absolute atomic E-state index is 9.38. The molecule has 1 aromatic carbocycles. The third-order valence-electron chi connectivity index (χ3n) is 2.46. The van der Waals surface area contributed by atoms with Gasteiger partial charge in [0, 0.05) is 0 Å². The fourth-order valence-corrected chi connectivity index (χ4v) is 1.69. The van der Waals surface area contributed by atoms with E-state index in [1.807, 2.05) is 0 Å². The number of rotatable bonds is 2. The lowest BCUT2D eigenvalue weighted by Crippen LogP contribution is -1.93. The van der Waals surface area contributed by atoms with Gasteiger partial charge in [-0.1, -0.05) is 42.3 Å². The van der Waals surface area contributed by atoms with Crippen molar-refractivity contribution in [1.82, 2.24) is 0 Å². The monoisotopic (exact) mass is 266 g/mol. The van der Waals surface area contributed by atoms with E-state index in [4.69, 9.17) is 10.2 Å². The number of amides is 2. The van der Waals surface area contributed by atoms with E-state index < -0.39 is 12.2 Å². The van der Waals surface area contributed by atoms with Gasteiger partial charge in [-0.25, -0.2) is 9.59 Å². The number of nitrogens with zero attached hydrogens (tertiary/aromatic N) is 2. The molecule has 6 heteroatoms. The first-order valence-electron chi connectivity index (χ1n) is 5.87. The first-order valence-corrected chi connectivity index (χ1v) is 5.87. The Morgan fingerprint density at radius 3 is 1.89 bits per heavy atom. The molecule has 0 heterocycles. The smallest absolute Gasteiger partial charge is 0.450 e. The summed E-state index contributed by atoms with van der Waals surface area (Å²) >= 11 is 0. The van der Waals surface area contributed by atoms with Gasteiger partial charge in [0.05, 0.1) is 0 Å². The third kappa shape index (κ3) is 6.92. The molecule has 104 valence electrons. The molecule has 0 saturated carbocycles. The van der Waals surface area contributed by atoms with Crippen molar-refractivity contribution in [2.45, 2.75) is 33.6 Å². The van der Waals surface area contributed by atoms with Crippen LogP contribution in [-0.2, 0) is 12.8 Å². The molecule has 0 spiro atoms. The number of hydrogen-bond donors (Lipinski definition) is 2. The summed E-state index contributed by atoms with van der Waals surface area (Å²) in [6.45, 7) is 6.63. The van der Waals surface area contributed by atoms with Crippen molar-refractivity contribution in [2.24, 2.45) is 10.2 Å². The van der Waals surface area contributed by atoms with Gasteiger partial charge in [0.1, 0.15) is 0 Å². The van der Waals surface area contributed by atoms with Crippen LogP contribution in [0.2, 0.25) is 0 Å². The second kappa shape index (κ2) is 8.79. The van der Waals surface area contributed by atoms with E-state index >= 15 is 0 Å². The summed E-state index contributed by atoms with van der Waals surface area (Å²) in [5, 5.41) is 19.8. The van der Waals surface area contributed by atoms with Crippen molar-refractivity contribution in [3.05, 3.63) is 34.9 Å². The summed E-state index contributed by atoms with van der Waals surface area (Å²) in [5.41, 5.74) is 4.48. The second-order valence-electron chi connectivity index (χ2n) is 3.68. The van der Waals surface area contributed by atoms with Crippen LogP contribution in [0.3, 0.4) is 0 Å². The van der Waals surface area contributed by atoms with Crippen LogP contribution in [0.1, 0.15) is 30.5 Å². The SMILES string of the molecule is CCc1cccc(C)c1CC.O=C(O)N=NC(=O)O. The maximum atomic E-state index is 9.38. The fraction of sp³-hybridized carbons (Fsp3) is 0.385. The van der Waals surface area contributed by atoms with Gasteiger partial charge in [-0.05, 0) is 36.5 Å². The van der Waals surface area contributed by atoms with Crippen molar-refractivity contribution in [2.75, 3.05) is 0 Å². The Hall–Kier alpha value is -2.24. The Bertz CT molecular complexity index is 454. The Balaban J connectivity index is 0.000000362. The molecule has 0 unspecified atom stereocenters. The Kier molecular flexibility index (Phi) is 7.76. The van der Waals surface area contributed by atoms with Crippen LogP contribution in [0.4, 0.5) is 9.59 Å². The van der Waals surface area contributed by atoms with Gasteiger partial charge >= 0.3 is 12.2 Å². The molecule has 2 amide bonds. The zero-order chi connectivity index (χ0) is 14.8. The van der Waals surface area contributed by atoms with E-state index in [1.54, 1.807) is 0 Å². The lowest BCUT2D eigenvalue weighted by atomic mass is 9.98. The minimum absolute atomic E-state index is 1.16. The molecule has 0 aliphatic carbocycles. The molecule has 19 heavy (non-hydrogen) atoms. The maximum Gasteiger partial charge on any atom is 0.450 e. The van der Waals surface area contributed by atoms with Crippen molar-refractivity contribution in [3.63, 3.8) is 0 Å². The van der Waals surface area contributed by atoms with E-state index in [-0.39, 0.29) is 0 Å². The van der Waals surface area contributed by atoms with Gasteiger partial charge in [0.15, 0.2) is 0 Å². The summed E-state index contributed by atoms with van der Waals surface area (Å²) in [6, 6.07) is 6.57. The molecule has 0 aliphatic rings. The number of carbonyl (C=O) groups is 2. The average molecular weight is 266 g/mol. The molecule has 1 aromatic rings. The molecule has 0 aromatic heterocycles. The van der Waals surface area contributed by atoms with Crippen LogP contribution in [0.15, 0.2) is 28.4 Å². The van der Waals surface area contributed by atoms with Crippen LogP contribution in [-0.4, -0.2) is 22.4 Å². The summed E-state index contributed by atoms with van der Waals surface area (Å²) in [6.07, 6.45) is -0.916. The van der Waals surface area contributed by atoms with E-state index in [0.717, 1.165) is 12.8 Å². The summed E-state index contributed by atoms with van der Waals surface area (Å²) in [5.74, 6) is 0. The predicted octanol–water partition coefficient (Wildman–Crippen LogP) is 3.91. The minimum atomic E-state index is -1.62. The van der Waals surface area contributed by atoms with Crippen molar-refractivity contribution >= 4 is 12.2 Å². The first kappa shape index (κ1) is 16.8. The molecule has 0 fully saturated rings. The van der Waals surface area contributed by atoms with Gasteiger partial charge in [-0.3, -0.25) is 0 Å². The van der Waals surface area contributed by atoms with Crippen LogP contribution >= 0.6 is 0 Å². The Labute approximate surface area is 111 Å². The van der Waals surface area contributed by atoms with Crippen LogP contribution in [0, 0.1) is 6.92 Å². The highest BCUT2D eigenvalue weighted by atomic mass is 16.4. The Morgan fingerprint density at radius 2 is 1.58 bits per heavy atom. The number of benzene rings is 1. The van der Waals surface area contributed by atoms with Gasteiger partial charge in [-0.15, -0.1) is 0 Å². The van der Waals surface area contributed by atoms with E-state index in [9.17, 15) is 9.59 Å². The van der Waals surface area contributed by atoms with Gasteiger partial charge < -0.3 is 10.2 Å². The molecule has 1 rings (SSSR count). The largest absolute Gasteiger partial charge is 0.462 e. The summed E-state index contributed by atoms with van der Waals surface area (Å²) in [4.78, 5) is 18.8. The molecule has 0 atom stereocenters. The van der Waals surface area contributed by atoms with Crippen LogP contribution in [0.5, 0.6) is 0 Å². The summed E-state index contributed by atoms with van der Waals surface area (Å²) in [7, 11) is 0. The lowest BCUT2D eigenvalue weighted by Gasteiger charge is -2.07. The zero-order valence-electron chi connectivity index (χ0n) is 11.3. The minimum Gasteiger partial charge on any atom is -0.462 e. The van der Waals surface area contributed by atoms with E-state index in [0.29, 0.717) is 0 Å². The number of hydrogen-bond acceptors (Lipinski definition) is 2. The molecule has 0 saturated heterocycles. The van der Waals surface area contributed by atoms with Gasteiger partial charge in [-0.2, -0.15) is 0 Å². The standard InChI is InChI=1S/C11H16.C2H2N2O4/c1-4-10-8-6-7-9(3)11(10)5-2;5-1(6)3-4-2(7)8/h6-8H,4-5H2,1-3H3;(H,5,6)(H,7,8). The van der Waals surface area contributed by atoms with Crippen molar-refractivity contribution in [1.29, 1.82) is 0 Å². The van der Waals surface area contributed by atoms with Gasteiger partial charge in [0.25, 0.3) is 0 Å². The van der Waals surface area contributed by atoms with Crippen LogP contribution in [0.25, 0.3) is 0 Å². The Morgan fingerprint density at radius 1 is 1.05 bits per heavy atom. The van der Waals surface area contributed by atoms with Crippen LogP contribution < -0.4 is 0 Å². The first-order chi connectivity index (χ1) is 8.92. The normalized spacial score (nSPS) is 9.84. The highest BCUT2D eigenvalue weighted by Crippen LogP contribution is 2.14. The molecule has 2 N–H and O–H groups in total. The highest BCUT2D eigenvalue weighted by molar-refractivity contribution is 5.70. The lowest BCUT2D eigenvalue weighted by molar-refractivity contribution is 0.194. The molecule has 6 nitrogen and oxygen atoms in total. The van der Waals surface area contributed by atoms with E-state index in [1.165, 1.54) is 16.7 Å². The third-order valence-corrected chi connectivity index (χ3v) is 2.46. The fourth-order valence-electron chi connectivity index (χ4n) is 1.69. The number of carboxylic acid groups (broad SMARTS) is 2. The number of aryl methyl sites for hydroxylation is 2. The predicted molar refractivity (Wildman–Crippen MR) is 70.8 cm³/mol. The second-order valence-corrected chi connectivity index (χ2v) is 3.68. The van der Waals surface area contributed by atoms with Crippen molar-refractivity contribution < 1.29 is 19.8 Å². The average Bonchev–Trinajstić information content (AvgIpc) is 2.36.